The Morgan fingerprint density at radius 1 is 1.62 bits per heavy atom. The van der Waals surface area contributed by atoms with Crippen LogP contribution in [0.25, 0.3) is 0 Å². The number of aromatic nitrogens is 1. The van der Waals surface area contributed by atoms with E-state index in [4.69, 9.17) is 5.26 Å². The van der Waals surface area contributed by atoms with Gasteiger partial charge in [-0.05, 0) is 18.6 Å². The van der Waals surface area contributed by atoms with Crippen molar-refractivity contribution in [1.29, 1.82) is 5.26 Å². The highest BCUT2D eigenvalue weighted by Crippen LogP contribution is 2.03. The minimum absolute atomic E-state index is 0.0680. The van der Waals surface area contributed by atoms with E-state index >= 15 is 0 Å². The standard InChI is InChI=1S/C10H10N2O/c1-8-4-5-9(12-7-8)10(13)3-2-6-11/h4-5,7H,2-3H2,1H3. The highest BCUT2D eigenvalue weighted by Gasteiger charge is 2.05. The highest BCUT2D eigenvalue weighted by atomic mass is 16.1. The summed E-state index contributed by atoms with van der Waals surface area (Å²) in [5, 5.41) is 8.28. The van der Waals surface area contributed by atoms with E-state index in [1.807, 2.05) is 19.1 Å². The van der Waals surface area contributed by atoms with Gasteiger partial charge in [-0.25, -0.2) is 0 Å². The number of rotatable bonds is 3. The quantitative estimate of drug-likeness (QED) is 0.657. The van der Waals surface area contributed by atoms with Gasteiger partial charge in [0.25, 0.3) is 0 Å². The normalized spacial score (nSPS) is 9.23. The molecule has 1 rings (SSSR count). The van der Waals surface area contributed by atoms with E-state index in [9.17, 15) is 4.79 Å². The molecule has 3 heteroatoms. The zero-order valence-corrected chi connectivity index (χ0v) is 7.45. The van der Waals surface area contributed by atoms with Crippen LogP contribution in [0.1, 0.15) is 28.9 Å². The predicted molar refractivity (Wildman–Crippen MR) is 48.2 cm³/mol. The van der Waals surface area contributed by atoms with Crippen LogP contribution in [0.2, 0.25) is 0 Å². The van der Waals surface area contributed by atoms with Gasteiger partial charge in [-0.3, -0.25) is 9.78 Å². The van der Waals surface area contributed by atoms with Gasteiger partial charge in [0, 0.05) is 19.0 Å². The molecule has 13 heavy (non-hydrogen) atoms. The van der Waals surface area contributed by atoms with Crippen LogP contribution >= 0.6 is 0 Å². The topological polar surface area (TPSA) is 53.8 Å². The van der Waals surface area contributed by atoms with E-state index in [1.54, 1.807) is 12.3 Å². The molecule has 0 saturated heterocycles. The molecule has 0 aromatic carbocycles. The summed E-state index contributed by atoms with van der Waals surface area (Å²) >= 11 is 0. The molecule has 0 spiro atoms. The molecule has 0 aliphatic carbocycles. The monoisotopic (exact) mass is 174 g/mol. The van der Waals surface area contributed by atoms with Gasteiger partial charge < -0.3 is 0 Å². The molecule has 0 atom stereocenters. The van der Waals surface area contributed by atoms with Gasteiger partial charge in [0.05, 0.1) is 6.07 Å². The van der Waals surface area contributed by atoms with E-state index in [-0.39, 0.29) is 18.6 Å². The first-order chi connectivity index (χ1) is 6.24. The maximum Gasteiger partial charge on any atom is 0.182 e. The number of pyridine rings is 1. The van der Waals surface area contributed by atoms with Gasteiger partial charge in [-0.15, -0.1) is 0 Å². The average Bonchev–Trinajstić information content (AvgIpc) is 2.15. The van der Waals surface area contributed by atoms with E-state index in [2.05, 4.69) is 4.98 Å². The van der Waals surface area contributed by atoms with Gasteiger partial charge in [-0.2, -0.15) is 5.26 Å². The molecule has 3 nitrogen and oxygen atoms in total. The molecule has 0 radical (unpaired) electrons. The zero-order valence-electron chi connectivity index (χ0n) is 7.45. The van der Waals surface area contributed by atoms with Crippen LogP contribution < -0.4 is 0 Å². The van der Waals surface area contributed by atoms with Crippen molar-refractivity contribution in [2.45, 2.75) is 19.8 Å². The Labute approximate surface area is 77.0 Å². The lowest BCUT2D eigenvalue weighted by Gasteiger charge is -1.97. The summed E-state index contributed by atoms with van der Waals surface area (Å²) in [5.74, 6) is -0.0680. The number of hydrogen-bond donors (Lipinski definition) is 0. The maximum atomic E-state index is 11.3. The average molecular weight is 174 g/mol. The van der Waals surface area contributed by atoms with Crippen molar-refractivity contribution in [2.24, 2.45) is 0 Å². The Balaban J connectivity index is 2.68. The Morgan fingerprint density at radius 3 is 2.92 bits per heavy atom. The van der Waals surface area contributed by atoms with Crippen molar-refractivity contribution in [2.75, 3.05) is 0 Å². The predicted octanol–water partition coefficient (Wildman–Crippen LogP) is 1.88. The number of ketones is 1. The molecular weight excluding hydrogens is 164 g/mol. The third-order valence-electron chi connectivity index (χ3n) is 1.66. The summed E-state index contributed by atoms with van der Waals surface area (Å²) in [4.78, 5) is 15.3. The van der Waals surface area contributed by atoms with E-state index < -0.39 is 0 Å². The lowest BCUT2D eigenvalue weighted by molar-refractivity contribution is 0.0979. The fourth-order valence-corrected chi connectivity index (χ4v) is 0.930. The number of Topliss-reactive ketones (excluding diaryl/α,β-unsaturated/α-hetero) is 1. The molecule has 0 aliphatic rings. The lowest BCUT2D eigenvalue weighted by atomic mass is 10.1. The third-order valence-corrected chi connectivity index (χ3v) is 1.66. The number of hydrogen-bond acceptors (Lipinski definition) is 3. The Morgan fingerprint density at radius 2 is 2.38 bits per heavy atom. The molecule has 1 aromatic rings. The first-order valence-corrected chi connectivity index (χ1v) is 4.07. The fourth-order valence-electron chi connectivity index (χ4n) is 0.930. The first kappa shape index (κ1) is 9.40. The molecule has 1 aromatic heterocycles. The van der Waals surface area contributed by atoms with Crippen LogP contribution in [-0.4, -0.2) is 10.8 Å². The second-order valence-corrected chi connectivity index (χ2v) is 2.80. The van der Waals surface area contributed by atoms with Gasteiger partial charge in [-0.1, -0.05) is 6.07 Å². The van der Waals surface area contributed by atoms with Crippen molar-refractivity contribution in [3.05, 3.63) is 29.6 Å². The smallest absolute Gasteiger partial charge is 0.182 e. The summed E-state index contributed by atoms with van der Waals surface area (Å²) in [6, 6.07) is 5.46. The molecule has 0 saturated carbocycles. The number of carbonyl (C=O) groups is 1. The number of nitrogens with zero attached hydrogens (tertiary/aromatic N) is 2. The summed E-state index contributed by atoms with van der Waals surface area (Å²) in [6.07, 6.45) is 2.17. The van der Waals surface area contributed by atoms with Gasteiger partial charge in [0.15, 0.2) is 5.78 Å². The van der Waals surface area contributed by atoms with Crippen LogP contribution in [0.15, 0.2) is 18.3 Å². The summed E-state index contributed by atoms with van der Waals surface area (Å²) < 4.78 is 0. The van der Waals surface area contributed by atoms with Crippen molar-refractivity contribution in [3.63, 3.8) is 0 Å². The van der Waals surface area contributed by atoms with Crippen LogP contribution in [0.4, 0.5) is 0 Å². The van der Waals surface area contributed by atoms with Crippen molar-refractivity contribution in [3.8, 4) is 6.07 Å². The molecule has 66 valence electrons. The molecule has 0 bridgehead atoms. The number of nitriles is 1. The Bertz CT molecular complexity index is 335. The van der Waals surface area contributed by atoms with Crippen LogP contribution in [0, 0.1) is 18.3 Å². The summed E-state index contributed by atoms with van der Waals surface area (Å²) in [5.41, 5.74) is 1.47. The molecule has 0 fully saturated rings. The molecule has 0 amide bonds. The fraction of sp³-hybridized carbons (Fsp3) is 0.300. The molecule has 1 heterocycles. The molecule has 0 aliphatic heterocycles. The van der Waals surface area contributed by atoms with Gasteiger partial charge >= 0.3 is 0 Å². The second-order valence-electron chi connectivity index (χ2n) is 2.80. The van der Waals surface area contributed by atoms with Gasteiger partial charge in [0.2, 0.25) is 0 Å². The molecular formula is C10H10N2O. The third kappa shape index (κ3) is 2.68. The number of aryl methyl sites for hydroxylation is 1. The highest BCUT2D eigenvalue weighted by molar-refractivity contribution is 5.94. The Kier molecular flexibility index (Phi) is 3.15. The van der Waals surface area contributed by atoms with Crippen LogP contribution in [-0.2, 0) is 0 Å². The van der Waals surface area contributed by atoms with Crippen molar-refractivity contribution in [1.82, 2.24) is 4.98 Å². The summed E-state index contributed by atoms with van der Waals surface area (Å²) in [7, 11) is 0. The minimum atomic E-state index is -0.0680. The summed E-state index contributed by atoms with van der Waals surface area (Å²) in [6.45, 7) is 1.91. The van der Waals surface area contributed by atoms with Crippen molar-refractivity contribution < 1.29 is 4.79 Å². The van der Waals surface area contributed by atoms with Crippen molar-refractivity contribution >= 4 is 5.78 Å². The first-order valence-electron chi connectivity index (χ1n) is 4.07. The minimum Gasteiger partial charge on any atom is -0.292 e. The molecule has 0 N–H and O–H groups in total. The largest absolute Gasteiger partial charge is 0.292 e. The van der Waals surface area contributed by atoms with E-state index in [1.165, 1.54) is 0 Å². The van der Waals surface area contributed by atoms with Crippen LogP contribution in [0.3, 0.4) is 0 Å². The number of carbonyl (C=O) groups excluding carboxylic acids is 1. The lowest BCUT2D eigenvalue weighted by Crippen LogP contribution is -2.01. The second kappa shape index (κ2) is 4.36. The van der Waals surface area contributed by atoms with Crippen LogP contribution in [0.5, 0.6) is 0 Å². The Hall–Kier alpha value is -1.69. The SMILES string of the molecule is Cc1ccc(C(=O)CCC#N)nc1. The van der Waals surface area contributed by atoms with Gasteiger partial charge in [0.1, 0.15) is 5.69 Å². The maximum absolute atomic E-state index is 11.3. The molecule has 0 unspecified atom stereocenters. The zero-order chi connectivity index (χ0) is 9.68. The van der Waals surface area contributed by atoms with E-state index in [0.717, 1.165) is 5.56 Å². The van der Waals surface area contributed by atoms with E-state index in [0.29, 0.717) is 5.69 Å².